The Morgan fingerprint density at radius 2 is 1.21 bits per heavy atom. The second kappa shape index (κ2) is 9.41. The van der Waals surface area contributed by atoms with Crippen molar-refractivity contribution in [2.75, 3.05) is 13.1 Å². The van der Waals surface area contributed by atoms with Crippen molar-refractivity contribution in [1.82, 2.24) is 4.90 Å². The summed E-state index contributed by atoms with van der Waals surface area (Å²) in [5.41, 5.74) is 0. The number of carbonyl (C=O) groups is 1. The summed E-state index contributed by atoms with van der Waals surface area (Å²) in [5, 5.41) is 0. The van der Waals surface area contributed by atoms with Crippen LogP contribution in [0.15, 0.2) is 0 Å². The molecular weight excluding hydrogens is 354 g/mol. The van der Waals surface area contributed by atoms with Gasteiger partial charge in [-0.3, -0.25) is 9.69 Å². The van der Waals surface area contributed by atoms with Gasteiger partial charge in [0.2, 0.25) is 0 Å². The lowest BCUT2D eigenvalue weighted by Crippen LogP contribution is -2.54. The number of ketones is 1. The molecule has 1 saturated heterocycles. The largest absolute Gasteiger partial charge is 0.298 e. The van der Waals surface area contributed by atoms with Crippen molar-refractivity contribution in [3.8, 4) is 0 Å². The average Bonchev–Trinajstić information content (AvgIpc) is 2.80. The summed E-state index contributed by atoms with van der Waals surface area (Å²) in [6, 6.07) is 0.741. The smallest absolute Gasteiger partial charge is 0.149 e. The van der Waals surface area contributed by atoms with Crippen LogP contribution in [0.3, 0.4) is 0 Å². The van der Waals surface area contributed by atoms with Crippen LogP contribution < -0.4 is 0 Å². The predicted molar refractivity (Wildman–Crippen MR) is 120 cm³/mol. The van der Waals surface area contributed by atoms with Crippen LogP contribution in [0.2, 0.25) is 0 Å². The fourth-order valence-corrected chi connectivity index (χ4v) is 8.64. The minimum absolute atomic E-state index is 0.390. The Labute approximate surface area is 179 Å². The van der Waals surface area contributed by atoms with E-state index in [1.54, 1.807) is 0 Å². The molecule has 5 rings (SSSR count). The SMILES string of the molecule is O=C(CN1CCCC2C3CCCCC3CCC21)C1CCC(C2CCCCC2)CC1. The van der Waals surface area contributed by atoms with Crippen molar-refractivity contribution in [1.29, 1.82) is 0 Å². The molecule has 1 heterocycles. The molecule has 4 unspecified atom stereocenters. The quantitative estimate of drug-likeness (QED) is 0.529. The lowest BCUT2D eigenvalue weighted by Gasteiger charge is -2.52. The molecule has 1 aliphatic heterocycles. The van der Waals surface area contributed by atoms with Gasteiger partial charge in [0.15, 0.2) is 0 Å². The van der Waals surface area contributed by atoms with E-state index >= 15 is 0 Å². The van der Waals surface area contributed by atoms with Gasteiger partial charge >= 0.3 is 0 Å². The molecule has 0 amide bonds. The number of fused-ring (bicyclic) bond motifs is 3. The van der Waals surface area contributed by atoms with Crippen molar-refractivity contribution in [2.45, 2.75) is 115 Å². The lowest BCUT2D eigenvalue weighted by molar-refractivity contribution is -0.128. The molecule has 164 valence electrons. The molecule has 0 aromatic carbocycles. The first-order valence-electron chi connectivity index (χ1n) is 13.6. The summed E-state index contributed by atoms with van der Waals surface area (Å²) in [7, 11) is 0. The molecule has 5 aliphatic rings. The molecule has 0 N–H and O–H groups in total. The maximum absolute atomic E-state index is 13.3. The third kappa shape index (κ3) is 4.48. The minimum Gasteiger partial charge on any atom is -0.298 e. The van der Waals surface area contributed by atoms with E-state index in [0.717, 1.165) is 42.2 Å². The van der Waals surface area contributed by atoms with Gasteiger partial charge < -0.3 is 0 Å². The molecule has 0 radical (unpaired) electrons. The number of hydrogen-bond acceptors (Lipinski definition) is 2. The van der Waals surface area contributed by atoms with Crippen LogP contribution >= 0.6 is 0 Å². The zero-order valence-electron chi connectivity index (χ0n) is 18.8. The van der Waals surface area contributed by atoms with E-state index in [1.165, 1.54) is 116 Å². The molecule has 0 aromatic rings. The third-order valence-electron chi connectivity index (χ3n) is 10.2. The van der Waals surface area contributed by atoms with Crippen molar-refractivity contribution >= 4 is 5.78 Å². The van der Waals surface area contributed by atoms with Crippen molar-refractivity contribution in [2.24, 2.45) is 35.5 Å². The van der Waals surface area contributed by atoms with Crippen LogP contribution in [-0.4, -0.2) is 29.8 Å². The first-order valence-corrected chi connectivity index (χ1v) is 13.6. The van der Waals surface area contributed by atoms with E-state index in [4.69, 9.17) is 0 Å². The molecule has 29 heavy (non-hydrogen) atoms. The Kier molecular flexibility index (Phi) is 6.66. The molecule has 4 aliphatic carbocycles. The van der Waals surface area contributed by atoms with Gasteiger partial charge in [0.25, 0.3) is 0 Å². The molecule has 5 fully saturated rings. The standard InChI is InChI=1S/C27H45NO/c29-27(23-14-12-21(13-15-23)20-7-2-1-3-8-20)19-28-18-6-11-25-24-10-5-4-9-22(24)16-17-26(25)28/h20-26H,1-19H2. The Hall–Kier alpha value is -0.370. The molecule has 4 saturated carbocycles. The summed E-state index contributed by atoms with van der Waals surface area (Å²) >= 11 is 0. The summed E-state index contributed by atoms with van der Waals surface area (Å²) in [5.74, 6) is 5.87. The van der Waals surface area contributed by atoms with Gasteiger partial charge in [0.1, 0.15) is 5.78 Å². The maximum atomic E-state index is 13.3. The van der Waals surface area contributed by atoms with Crippen LogP contribution in [0.5, 0.6) is 0 Å². The molecular formula is C27H45NO. The van der Waals surface area contributed by atoms with E-state index in [9.17, 15) is 4.79 Å². The molecule has 4 atom stereocenters. The van der Waals surface area contributed by atoms with Crippen LogP contribution in [0.25, 0.3) is 0 Å². The van der Waals surface area contributed by atoms with Crippen molar-refractivity contribution in [3.63, 3.8) is 0 Å². The number of piperidine rings is 1. The first kappa shape index (κ1) is 20.5. The van der Waals surface area contributed by atoms with Gasteiger partial charge in [-0.25, -0.2) is 0 Å². The highest BCUT2D eigenvalue weighted by Gasteiger charge is 2.44. The summed E-state index contributed by atoms with van der Waals surface area (Å²) in [4.78, 5) is 15.9. The molecule has 0 spiro atoms. The zero-order chi connectivity index (χ0) is 19.6. The predicted octanol–water partition coefficient (Wildman–Crippen LogP) is 6.62. The lowest BCUT2D eigenvalue weighted by atomic mass is 9.61. The molecule has 0 aromatic heterocycles. The molecule has 2 heteroatoms. The summed E-state index contributed by atoms with van der Waals surface area (Å²) in [6.45, 7) is 1.99. The Bertz CT molecular complexity index is 545. The first-order chi connectivity index (χ1) is 14.3. The number of likely N-dealkylation sites (tertiary alicyclic amines) is 1. The van der Waals surface area contributed by atoms with E-state index in [2.05, 4.69) is 4.90 Å². The second-order valence-electron chi connectivity index (χ2n) is 11.6. The van der Waals surface area contributed by atoms with E-state index < -0.39 is 0 Å². The third-order valence-corrected chi connectivity index (χ3v) is 10.2. The van der Waals surface area contributed by atoms with Gasteiger partial charge in [-0.1, -0.05) is 51.4 Å². The fraction of sp³-hybridized carbons (Fsp3) is 0.963. The highest BCUT2D eigenvalue weighted by molar-refractivity contribution is 5.83. The van der Waals surface area contributed by atoms with E-state index in [1.807, 2.05) is 0 Å². The zero-order valence-corrected chi connectivity index (χ0v) is 18.8. The van der Waals surface area contributed by atoms with Gasteiger partial charge in [0, 0.05) is 12.0 Å². The number of Topliss-reactive ketones (excluding diaryl/α,β-unsaturated/α-hetero) is 1. The van der Waals surface area contributed by atoms with Crippen LogP contribution in [-0.2, 0) is 4.79 Å². The van der Waals surface area contributed by atoms with Crippen LogP contribution in [0, 0.1) is 35.5 Å². The Balaban J connectivity index is 1.14. The van der Waals surface area contributed by atoms with Crippen molar-refractivity contribution in [3.05, 3.63) is 0 Å². The van der Waals surface area contributed by atoms with E-state index in [0.29, 0.717) is 11.7 Å². The fourth-order valence-electron chi connectivity index (χ4n) is 8.64. The van der Waals surface area contributed by atoms with E-state index in [-0.39, 0.29) is 0 Å². The number of carbonyl (C=O) groups excluding carboxylic acids is 1. The molecule has 2 nitrogen and oxygen atoms in total. The summed E-state index contributed by atoms with van der Waals surface area (Å²) in [6.07, 6.45) is 24.0. The summed E-state index contributed by atoms with van der Waals surface area (Å²) < 4.78 is 0. The highest BCUT2D eigenvalue weighted by Crippen LogP contribution is 2.48. The van der Waals surface area contributed by atoms with Crippen molar-refractivity contribution < 1.29 is 4.79 Å². The van der Waals surface area contributed by atoms with Gasteiger partial charge in [-0.15, -0.1) is 0 Å². The topological polar surface area (TPSA) is 20.3 Å². The highest BCUT2D eigenvalue weighted by atomic mass is 16.1. The number of rotatable bonds is 4. The van der Waals surface area contributed by atoms with Gasteiger partial charge in [-0.2, -0.15) is 0 Å². The normalized spacial score (nSPS) is 42.1. The average molecular weight is 400 g/mol. The number of hydrogen-bond donors (Lipinski definition) is 0. The maximum Gasteiger partial charge on any atom is 0.149 e. The monoisotopic (exact) mass is 399 g/mol. The van der Waals surface area contributed by atoms with Gasteiger partial charge in [-0.05, 0) is 93.9 Å². The van der Waals surface area contributed by atoms with Crippen LogP contribution in [0.1, 0.15) is 109 Å². The Morgan fingerprint density at radius 1 is 0.586 bits per heavy atom. The van der Waals surface area contributed by atoms with Gasteiger partial charge in [0.05, 0.1) is 6.54 Å². The van der Waals surface area contributed by atoms with Crippen LogP contribution in [0.4, 0.5) is 0 Å². The molecule has 0 bridgehead atoms. The second-order valence-corrected chi connectivity index (χ2v) is 11.6. The Morgan fingerprint density at radius 3 is 2.03 bits per heavy atom. The number of nitrogens with zero attached hydrogens (tertiary/aromatic N) is 1. The minimum atomic E-state index is 0.390.